The number of ether oxygens (including phenoxy) is 2. The molecule has 1 heterocycles. The Balaban J connectivity index is 1.77. The second kappa shape index (κ2) is 3.06. The number of esters is 2. The zero-order valence-electron chi connectivity index (χ0n) is 8.52. The zero-order chi connectivity index (χ0) is 11.4. The summed E-state index contributed by atoms with van der Waals surface area (Å²) in [5.74, 6) is -2.09. The highest BCUT2D eigenvalue weighted by Crippen LogP contribution is 2.55. The Bertz CT molecular complexity index is 391. The summed E-state index contributed by atoms with van der Waals surface area (Å²) >= 11 is 0. The van der Waals surface area contributed by atoms with Crippen LogP contribution in [0.5, 0.6) is 0 Å². The van der Waals surface area contributed by atoms with Crippen LogP contribution < -0.4 is 0 Å². The molecule has 5 atom stereocenters. The van der Waals surface area contributed by atoms with Crippen LogP contribution in [0, 0.1) is 17.8 Å². The summed E-state index contributed by atoms with van der Waals surface area (Å²) in [4.78, 5) is 22.5. The molecule has 3 aliphatic rings. The third-order valence-corrected chi connectivity index (χ3v) is 3.88. The molecule has 1 aliphatic heterocycles. The Hall–Kier alpha value is -1.39. The first-order chi connectivity index (χ1) is 7.58. The van der Waals surface area contributed by atoms with Gasteiger partial charge >= 0.3 is 11.9 Å². The van der Waals surface area contributed by atoms with Gasteiger partial charge in [-0.25, -0.2) is 4.79 Å². The monoisotopic (exact) mass is 226 g/mol. The molecule has 3 rings (SSSR count). The van der Waals surface area contributed by atoms with Crippen molar-refractivity contribution in [3.63, 3.8) is 0 Å². The normalized spacial score (nSPS) is 43.3. The minimum atomic E-state index is -1.11. The van der Waals surface area contributed by atoms with E-state index in [0.29, 0.717) is 6.42 Å². The second-order valence-corrected chi connectivity index (χ2v) is 4.68. The van der Waals surface area contributed by atoms with Crippen molar-refractivity contribution in [3.8, 4) is 0 Å². The average Bonchev–Trinajstić information content (AvgIpc) is 2.81. The summed E-state index contributed by atoms with van der Waals surface area (Å²) in [6.45, 7) is 2.89. The summed E-state index contributed by atoms with van der Waals surface area (Å²) in [5, 5.41) is 0. The predicted molar refractivity (Wildman–Crippen MR) is 49.7 cm³/mol. The lowest BCUT2D eigenvalue weighted by atomic mass is 9.88. The van der Waals surface area contributed by atoms with Crippen LogP contribution in [-0.2, 0) is 19.1 Å². The summed E-state index contributed by atoms with van der Waals surface area (Å²) in [5.41, 5.74) is 0. The first-order valence-electron chi connectivity index (χ1n) is 5.34. The van der Waals surface area contributed by atoms with Crippen LogP contribution in [0.2, 0.25) is 0 Å². The number of hydrogen-bond donors (Lipinski definition) is 0. The molecule has 0 radical (unpaired) electrons. The van der Waals surface area contributed by atoms with E-state index in [-0.39, 0.29) is 29.8 Å². The number of halogens is 1. The fourth-order valence-corrected chi connectivity index (χ4v) is 3.25. The van der Waals surface area contributed by atoms with Gasteiger partial charge in [-0.2, -0.15) is 4.39 Å². The molecule has 0 N–H and O–H groups in total. The van der Waals surface area contributed by atoms with E-state index in [0.717, 1.165) is 6.42 Å². The minimum Gasteiger partial charge on any atom is -0.458 e. The van der Waals surface area contributed by atoms with Gasteiger partial charge < -0.3 is 9.47 Å². The van der Waals surface area contributed by atoms with E-state index >= 15 is 0 Å². The molecule has 0 aromatic heterocycles. The van der Waals surface area contributed by atoms with Gasteiger partial charge in [0, 0.05) is 11.8 Å². The van der Waals surface area contributed by atoms with Crippen molar-refractivity contribution in [1.29, 1.82) is 0 Å². The molecule has 5 heteroatoms. The average molecular weight is 226 g/mol. The fraction of sp³-hybridized carbons (Fsp3) is 0.636. The number of carbonyl (C=O) groups excluding carboxylic acids is 2. The Morgan fingerprint density at radius 3 is 2.94 bits per heavy atom. The van der Waals surface area contributed by atoms with Crippen LogP contribution in [0.15, 0.2) is 12.4 Å². The molecule has 0 aromatic carbocycles. The molecule has 5 unspecified atom stereocenters. The van der Waals surface area contributed by atoms with E-state index in [9.17, 15) is 14.0 Å². The van der Waals surface area contributed by atoms with Crippen molar-refractivity contribution < 1.29 is 23.5 Å². The number of rotatable bonds is 2. The quantitative estimate of drug-likeness (QED) is 0.520. The van der Waals surface area contributed by atoms with Crippen LogP contribution >= 0.6 is 0 Å². The van der Waals surface area contributed by atoms with Crippen LogP contribution in [-0.4, -0.2) is 24.1 Å². The second-order valence-electron chi connectivity index (χ2n) is 4.68. The van der Waals surface area contributed by atoms with Gasteiger partial charge in [0.2, 0.25) is 5.83 Å². The van der Waals surface area contributed by atoms with E-state index in [2.05, 4.69) is 6.58 Å². The summed E-state index contributed by atoms with van der Waals surface area (Å²) in [6.07, 6.45) is 0.682. The van der Waals surface area contributed by atoms with E-state index < -0.39 is 17.9 Å². The van der Waals surface area contributed by atoms with Crippen molar-refractivity contribution in [2.75, 3.05) is 0 Å². The molecule has 4 nitrogen and oxygen atoms in total. The van der Waals surface area contributed by atoms with Crippen LogP contribution in [0.3, 0.4) is 0 Å². The number of carbonyl (C=O) groups is 2. The molecule has 0 spiro atoms. The van der Waals surface area contributed by atoms with Crippen molar-refractivity contribution >= 4 is 11.9 Å². The number of fused-ring (bicyclic) bond motifs is 1. The van der Waals surface area contributed by atoms with Crippen molar-refractivity contribution in [2.24, 2.45) is 17.8 Å². The van der Waals surface area contributed by atoms with Crippen LogP contribution in [0.1, 0.15) is 12.8 Å². The molecule has 1 saturated heterocycles. The molecule has 3 fully saturated rings. The van der Waals surface area contributed by atoms with Gasteiger partial charge in [-0.3, -0.25) is 4.79 Å². The molecule has 2 bridgehead atoms. The van der Waals surface area contributed by atoms with E-state index in [1.807, 2.05) is 0 Å². The third-order valence-electron chi connectivity index (χ3n) is 3.88. The van der Waals surface area contributed by atoms with Crippen molar-refractivity contribution in [3.05, 3.63) is 12.4 Å². The predicted octanol–water partition coefficient (Wildman–Crippen LogP) is 0.963. The molecule has 2 aliphatic carbocycles. The molecule has 2 saturated carbocycles. The van der Waals surface area contributed by atoms with Gasteiger partial charge in [0.05, 0.1) is 5.92 Å². The highest BCUT2D eigenvalue weighted by Gasteiger charge is 2.63. The van der Waals surface area contributed by atoms with Gasteiger partial charge in [0.1, 0.15) is 12.2 Å². The highest BCUT2D eigenvalue weighted by atomic mass is 19.1. The maximum Gasteiger partial charge on any atom is 0.366 e. The van der Waals surface area contributed by atoms with E-state index in [1.165, 1.54) is 0 Å². The summed E-state index contributed by atoms with van der Waals surface area (Å²) in [6, 6.07) is 0. The van der Waals surface area contributed by atoms with Crippen molar-refractivity contribution in [1.82, 2.24) is 0 Å². The molecule has 86 valence electrons. The summed E-state index contributed by atoms with van der Waals surface area (Å²) < 4.78 is 22.7. The smallest absolute Gasteiger partial charge is 0.366 e. The maximum absolute atomic E-state index is 12.5. The van der Waals surface area contributed by atoms with E-state index in [1.54, 1.807) is 0 Å². The lowest BCUT2D eigenvalue weighted by Crippen LogP contribution is -2.36. The first kappa shape index (κ1) is 9.81. The van der Waals surface area contributed by atoms with Gasteiger partial charge in [-0.1, -0.05) is 6.58 Å². The standard InChI is InChI=1S/C11H11FO4/c1-4(12)10(13)15-8-5-2-6-7(3-5)11(14)16-9(6)8/h5-9H,1-3H2. The minimum absolute atomic E-state index is 0.0291. The van der Waals surface area contributed by atoms with Gasteiger partial charge in [-0.15, -0.1) is 0 Å². The first-order valence-corrected chi connectivity index (χ1v) is 5.34. The van der Waals surface area contributed by atoms with Crippen molar-refractivity contribution in [2.45, 2.75) is 25.0 Å². The molecular weight excluding hydrogens is 215 g/mol. The van der Waals surface area contributed by atoms with E-state index in [4.69, 9.17) is 9.47 Å². The zero-order valence-corrected chi connectivity index (χ0v) is 8.52. The van der Waals surface area contributed by atoms with Gasteiger partial charge in [0.25, 0.3) is 0 Å². The lowest BCUT2D eigenvalue weighted by molar-refractivity contribution is -0.159. The number of hydrogen-bond acceptors (Lipinski definition) is 4. The summed E-state index contributed by atoms with van der Waals surface area (Å²) in [7, 11) is 0. The van der Waals surface area contributed by atoms with Gasteiger partial charge in [0.15, 0.2) is 0 Å². The maximum atomic E-state index is 12.5. The Morgan fingerprint density at radius 2 is 2.25 bits per heavy atom. The third kappa shape index (κ3) is 1.14. The highest BCUT2D eigenvalue weighted by molar-refractivity contribution is 5.85. The Morgan fingerprint density at radius 1 is 1.50 bits per heavy atom. The molecule has 16 heavy (non-hydrogen) atoms. The molecular formula is C11H11FO4. The van der Waals surface area contributed by atoms with Gasteiger partial charge in [-0.05, 0) is 12.8 Å². The Labute approximate surface area is 91.4 Å². The van der Waals surface area contributed by atoms with Crippen LogP contribution in [0.4, 0.5) is 4.39 Å². The molecule has 0 aromatic rings. The Kier molecular flexibility index (Phi) is 1.87. The molecule has 0 amide bonds. The van der Waals surface area contributed by atoms with Crippen LogP contribution in [0.25, 0.3) is 0 Å². The largest absolute Gasteiger partial charge is 0.458 e. The topological polar surface area (TPSA) is 52.6 Å². The lowest BCUT2D eigenvalue weighted by Gasteiger charge is -2.24. The fourth-order valence-electron chi connectivity index (χ4n) is 3.25. The SMILES string of the molecule is C=C(F)C(=O)OC1C2CC3C(=O)OC1C3C2.